The van der Waals surface area contributed by atoms with Crippen LogP contribution in [0.1, 0.15) is 12.8 Å². The molecule has 2 heterocycles. The summed E-state index contributed by atoms with van der Waals surface area (Å²) >= 11 is 0. The maximum Gasteiger partial charge on any atom is 0.171 e. The zero-order chi connectivity index (χ0) is 22.8. The summed E-state index contributed by atoms with van der Waals surface area (Å²) in [6.07, 6.45) is 0.988. The van der Waals surface area contributed by atoms with Crippen molar-refractivity contribution in [2.24, 2.45) is 0 Å². The molecule has 7 nitrogen and oxygen atoms in total. The fraction of sp³-hybridized carbons (Fsp3) is 0.435. The van der Waals surface area contributed by atoms with E-state index < -0.39 is 19.7 Å². The van der Waals surface area contributed by atoms with Gasteiger partial charge in [0, 0.05) is 23.5 Å². The van der Waals surface area contributed by atoms with E-state index >= 15 is 0 Å². The number of ketones is 1. The molecule has 4 rings (SSSR count). The molecule has 2 saturated heterocycles. The minimum Gasteiger partial charge on any atom is -0.360 e. The first-order valence-corrected chi connectivity index (χ1v) is 14.4. The first kappa shape index (κ1) is 22.8. The lowest BCUT2D eigenvalue weighted by Gasteiger charge is -2.33. The third-order valence-electron chi connectivity index (χ3n) is 6.17. The highest BCUT2D eigenvalue weighted by molar-refractivity contribution is 7.91. The Kier molecular flexibility index (Phi) is 6.57. The summed E-state index contributed by atoms with van der Waals surface area (Å²) in [5.74, 6) is 0.263. The van der Waals surface area contributed by atoms with Crippen LogP contribution in [0.3, 0.4) is 0 Å². The second-order valence-electron chi connectivity index (χ2n) is 8.58. The summed E-state index contributed by atoms with van der Waals surface area (Å²) in [7, 11) is -6.21. The Bertz CT molecular complexity index is 1060. The zero-order valence-corrected chi connectivity index (χ0v) is 19.5. The standard InChI is InChI=1S/C23H28N2O5S2/c26-23(15-24(19-7-3-1-4-8-19)21-11-13-31(27,28)17-21)16-25(20-9-5-2-6-10-20)22-12-14-32(29,30)18-22/h1-10,21-22H,11-18H2/t21-,22-/m0/s1. The molecule has 0 spiro atoms. The predicted octanol–water partition coefficient (Wildman–Crippen LogP) is 1.94. The lowest BCUT2D eigenvalue weighted by molar-refractivity contribution is -0.116. The molecule has 0 radical (unpaired) electrons. The van der Waals surface area contributed by atoms with Crippen molar-refractivity contribution >= 4 is 36.8 Å². The summed E-state index contributed by atoms with van der Waals surface area (Å²) < 4.78 is 48.3. The maximum absolute atomic E-state index is 13.3. The first-order chi connectivity index (χ1) is 15.2. The number of carbonyl (C=O) groups excluding carboxylic acids is 1. The molecular weight excluding hydrogens is 448 g/mol. The monoisotopic (exact) mass is 476 g/mol. The lowest BCUT2D eigenvalue weighted by Crippen LogP contribution is -2.46. The topological polar surface area (TPSA) is 91.8 Å². The maximum atomic E-state index is 13.3. The average molecular weight is 477 g/mol. The number of carbonyl (C=O) groups is 1. The van der Waals surface area contributed by atoms with Gasteiger partial charge in [0.2, 0.25) is 0 Å². The number of sulfone groups is 2. The van der Waals surface area contributed by atoms with Gasteiger partial charge in [-0.15, -0.1) is 0 Å². The van der Waals surface area contributed by atoms with Crippen LogP contribution < -0.4 is 9.80 Å². The van der Waals surface area contributed by atoms with Crippen LogP contribution in [0.25, 0.3) is 0 Å². The van der Waals surface area contributed by atoms with E-state index in [1.165, 1.54) is 0 Å². The largest absolute Gasteiger partial charge is 0.360 e. The third-order valence-corrected chi connectivity index (χ3v) is 9.67. The molecule has 32 heavy (non-hydrogen) atoms. The van der Waals surface area contributed by atoms with E-state index in [0.717, 1.165) is 11.4 Å². The van der Waals surface area contributed by atoms with Crippen molar-refractivity contribution in [3.63, 3.8) is 0 Å². The van der Waals surface area contributed by atoms with Crippen LogP contribution in [0, 0.1) is 0 Å². The molecule has 2 fully saturated rings. The Balaban J connectivity index is 1.55. The molecule has 172 valence electrons. The van der Waals surface area contributed by atoms with Crippen LogP contribution in [0.5, 0.6) is 0 Å². The quantitative estimate of drug-likeness (QED) is 0.575. The minimum absolute atomic E-state index is 0.0401. The van der Waals surface area contributed by atoms with Crippen LogP contribution in [-0.2, 0) is 24.5 Å². The number of Topliss-reactive ketones (excluding diaryl/α,β-unsaturated/α-hetero) is 1. The zero-order valence-electron chi connectivity index (χ0n) is 17.8. The van der Waals surface area contributed by atoms with E-state index in [1.807, 2.05) is 70.5 Å². The van der Waals surface area contributed by atoms with E-state index in [-0.39, 0.29) is 54.0 Å². The Hall–Kier alpha value is -2.39. The van der Waals surface area contributed by atoms with E-state index in [4.69, 9.17) is 0 Å². The number of hydrogen-bond donors (Lipinski definition) is 0. The van der Waals surface area contributed by atoms with Crippen molar-refractivity contribution in [2.45, 2.75) is 24.9 Å². The predicted molar refractivity (Wildman–Crippen MR) is 127 cm³/mol. The van der Waals surface area contributed by atoms with Gasteiger partial charge in [-0.25, -0.2) is 16.8 Å². The van der Waals surface area contributed by atoms with Crippen molar-refractivity contribution in [2.75, 3.05) is 45.9 Å². The fourth-order valence-corrected chi connectivity index (χ4v) is 8.04. The van der Waals surface area contributed by atoms with Crippen molar-refractivity contribution in [3.05, 3.63) is 60.7 Å². The normalized spacial score (nSPS) is 23.6. The summed E-state index contributed by atoms with van der Waals surface area (Å²) in [6.45, 7) is 0.153. The lowest BCUT2D eigenvalue weighted by atomic mass is 10.1. The van der Waals surface area contributed by atoms with Gasteiger partial charge in [0.25, 0.3) is 0 Å². The molecule has 0 saturated carbocycles. The number of benzene rings is 2. The van der Waals surface area contributed by atoms with Crippen LogP contribution in [0.4, 0.5) is 11.4 Å². The van der Waals surface area contributed by atoms with Gasteiger partial charge in [0.1, 0.15) is 0 Å². The van der Waals surface area contributed by atoms with Crippen LogP contribution in [0.15, 0.2) is 60.7 Å². The Labute approximate surface area is 189 Å². The molecule has 2 aromatic carbocycles. The van der Waals surface area contributed by atoms with Gasteiger partial charge in [-0.3, -0.25) is 4.79 Å². The summed E-state index contributed by atoms with van der Waals surface area (Å²) in [5, 5.41) is 0. The fourth-order valence-electron chi connectivity index (χ4n) is 4.57. The van der Waals surface area contributed by atoms with Gasteiger partial charge >= 0.3 is 0 Å². The van der Waals surface area contributed by atoms with Crippen molar-refractivity contribution < 1.29 is 21.6 Å². The molecule has 2 aliphatic rings. The minimum atomic E-state index is -3.11. The molecule has 0 bridgehead atoms. The molecule has 2 aromatic rings. The summed E-state index contributed by atoms with van der Waals surface area (Å²) in [6, 6.07) is 18.3. The molecule has 0 aliphatic carbocycles. The smallest absolute Gasteiger partial charge is 0.171 e. The van der Waals surface area contributed by atoms with E-state index in [0.29, 0.717) is 12.8 Å². The SMILES string of the molecule is O=C(CN(c1ccccc1)[C@H]1CCS(=O)(=O)C1)CN(c1ccccc1)[C@H]1CCS(=O)(=O)C1. The van der Waals surface area contributed by atoms with Crippen LogP contribution in [0.2, 0.25) is 0 Å². The highest BCUT2D eigenvalue weighted by Gasteiger charge is 2.36. The van der Waals surface area contributed by atoms with Gasteiger partial charge in [0.05, 0.1) is 36.1 Å². The second-order valence-corrected chi connectivity index (χ2v) is 13.0. The van der Waals surface area contributed by atoms with E-state index in [9.17, 15) is 21.6 Å². The van der Waals surface area contributed by atoms with Gasteiger partial charge < -0.3 is 9.80 Å². The van der Waals surface area contributed by atoms with Gasteiger partial charge in [-0.1, -0.05) is 36.4 Å². The molecule has 0 amide bonds. The number of hydrogen-bond acceptors (Lipinski definition) is 7. The molecule has 0 N–H and O–H groups in total. The van der Waals surface area contributed by atoms with Gasteiger partial charge in [-0.05, 0) is 37.1 Å². The second kappa shape index (κ2) is 9.23. The van der Waals surface area contributed by atoms with E-state index in [1.54, 1.807) is 0 Å². The highest BCUT2D eigenvalue weighted by Crippen LogP contribution is 2.26. The van der Waals surface area contributed by atoms with Crippen LogP contribution in [-0.4, -0.2) is 70.8 Å². The number of anilines is 2. The van der Waals surface area contributed by atoms with Gasteiger partial charge in [0.15, 0.2) is 25.5 Å². The number of nitrogens with zero attached hydrogens (tertiary/aromatic N) is 2. The van der Waals surface area contributed by atoms with Crippen molar-refractivity contribution in [1.29, 1.82) is 0 Å². The Morgan fingerprint density at radius 2 is 1.06 bits per heavy atom. The molecule has 0 unspecified atom stereocenters. The Morgan fingerprint density at radius 3 is 1.38 bits per heavy atom. The molecular formula is C23H28N2O5S2. The van der Waals surface area contributed by atoms with E-state index in [2.05, 4.69) is 0 Å². The highest BCUT2D eigenvalue weighted by atomic mass is 32.2. The first-order valence-electron chi connectivity index (χ1n) is 10.8. The Morgan fingerprint density at radius 1 is 0.688 bits per heavy atom. The summed E-state index contributed by atoms with van der Waals surface area (Å²) in [4.78, 5) is 17.0. The molecule has 9 heteroatoms. The molecule has 2 aliphatic heterocycles. The third kappa shape index (κ3) is 5.50. The summed E-state index contributed by atoms with van der Waals surface area (Å²) in [5.41, 5.74) is 1.63. The number of rotatable bonds is 8. The van der Waals surface area contributed by atoms with Crippen molar-refractivity contribution in [1.82, 2.24) is 0 Å². The van der Waals surface area contributed by atoms with Crippen LogP contribution >= 0.6 is 0 Å². The molecule has 2 atom stereocenters. The average Bonchev–Trinajstić information content (AvgIpc) is 3.32. The van der Waals surface area contributed by atoms with Crippen molar-refractivity contribution in [3.8, 4) is 0 Å². The molecule has 0 aromatic heterocycles. The number of para-hydroxylation sites is 2. The van der Waals surface area contributed by atoms with Gasteiger partial charge in [-0.2, -0.15) is 0 Å².